The van der Waals surface area contributed by atoms with Gasteiger partial charge in [0.05, 0.1) is 5.92 Å². The van der Waals surface area contributed by atoms with E-state index in [9.17, 15) is 14.7 Å². The van der Waals surface area contributed by atoms with Crippen LogP contribution in [0.1, 0.15) is 39.5 Å². The van der Waals surface area contributed by atoms with Crippen LogP contribution in [0.2, 0.25) is 0 Å². The van der Waals surface area contributed by atoms with Crippen molar-refractivity contribution in [3.8, 4) is 0 Å². The first-order chi connectivity index (χ1) is 9.24. The summed E-state index contributed by atoms with van der Waals surface area (Å²) in [5.41, 5.74) is -0.143. The minimum atomic E-state index is -0.816. The van der Waals surface area contributed by atoms with Gasteiger partial charge in [-0.05, 0) is 40.8 Å². The summed E-state index contributed by atoms with van der Waals surface area (Å²) in [6, 6.07) is -0.540. The van der Waals surface area contributed by atoms with E-state index in [2.05, 4.69) is 10.6 Å². The fraction of sp³-hybridized carbons (Fsp3) is 0.857. The van der Waals surface area contributed by atoms with Crippen LogP contribution in [0.3, 0.4) is 0 Å². The summed E-state index contributed by atoms with van der Waals surface area (Å²) in [6.07, 6.45) is 3.27. The number of carboxylic acid groups (broad SMARTS) is 1. The highest BCUT2D eigenvalue weighted by atomic mass is 16.4. The Hall–Kier alpha value is -1.30. The maximum atomic E-state index is 11.9. The summed E-state index contributed by atoms with van der Waals surface area (Å²) in [5, 5.41) is 14.8. The number of nitrogens with one attached hydrogen (secondary N) is 2. The summed E-state index contributed by atoms with van der Waals surface area (Å²) in [6.45, 7) is 4.58. The number of nitrogens with zero attached hydrogens (tertiary/aromatic N) is 1. The molecule has 0 aromatic carbocycles. The number of carbonyl (C=O) groups is 2. The van der Waals surface area contributed by atoms with Crippen LogP contribution < -0.4 is 10.6 Å². The molecule has 1 aliphatic carbocycles. The van der Waals surface area contributed by atoms with Crippen LogP contribution in [0, 0.1) is 5.92 Å². The van der Waals surface area contributed by atoms with E-state index in [1.54, 1.807) is 0 Å². The summed E-state index contributed by atoms with van der Waals surface area (Å²) in [7, 11) is 3.92. The van der Waals surface area contributed by atoms with Crippen LogP contribution in [-0.2, 0) is 4.79 Å². The van der Waals surface area contributed by atoms with Gasteiger partial charge in [-0.25, -0.2) is 4.79 Å². The first-order valence-corrected chi connectivity index (χ1v) is 7.18. The molecule has 0 spiro atoms. The lowest BCUT2D eigenvalue weighted by Crippen LogP contribution is -2.53. The highest BCUT2D eigenvalue weighted by molar-refractivity contribution is 5.76. The minimum Gasteiger partial charge on any atom is -0.481 e. The van der Waals surface area contributed by atoms with Crippen LogP contribution in [0.15, 0.2) is 0 Å². The predicted octanol–water partition coefficient (Wildman–Crippen LogP) is 1.27. The van der Waals surface area contributed by atoms with Crippen molar-refractivity contribution in [3.63, 3.8) is 0 Å². The molecule has 0 radical (unpaired) electrons. The number of hydrogen-bond acceptors (Lipinski definition) is 3. The van der Waals surface area contributed by atoms with Gasteiger partial charge in [-0.2, -0.15) is 0 Å². The fourth-order valence-corrected chi connectivity index (χ4v) is 2.27. The number of amides is 2. The molecule has 1 fully saturated rings. The standard InChI is InChI=1S/C14H27N3O3/c1-14(2,17(3)4)9-15-13(20)16-11-8-6-5-7-10(11)12(18)19/h10-11H,5-9H2,1-4H3,(H,18,19)(H2,15,16,20). The van der Waals surface area contributed by atoms with Gasteiger partial charge in [0.1, 0.15) is 0 Å². The van der Waals surface area contributed by atoms with Crippen molar-refractivity contribution in [1.29, 1.82) is 0 Å². The molecule has 0 aromatic heterocycles. The molecule has 0 aromatic rings. The van der Waals surface area contributed by atoms with E-state index in [0.29, 0.717) is 13.0 Å². The van der Waals surface area contributed by atoms with Gasteiger partial charge in [0.2, 0.25) is 0 Å². The smallest absolute Gasteiger partial charge is 0.315 e. The average Bonchev–Trinajstić information content (AvgIpc) is 2.36. The van der Waals surface area contributed by atoms with E-state index in [0.717, 1.165) is 19.3 Å². The molecule has 1 aliphatic rings. The van der Waals surface area contributed by atoms with Crippen molar-refractivity contribution in [2.75, 3.05) is 20.6 Å². The zero-order valence-corrected chi connectivity index (χ0v) is 12.9. The number of rotatable bonds is 5. The van der Waals surface area contributed by atoms with Crippen LogP contribution in [0.25, 0.3) is 0 Å². The lowest BCUT2D eigenvalue weighted by atomic mass is 9.84. The van der Waals surface area contributed by atoms with Gasteiger partial charge in [-0.3, -0.25) is 4.79 Å². The number of aliphatic carboxylic acids is 1. The van der Waals surface area contributed by atoms with Crippen molar-refractivity contribution >= 4 is 12.0 Å². The maximum absolute atomic E-state index is 11.9. The molecule has 2 atom stereocenters. The number of urea groups is 1. The van der Waals surface area contributed by atoms with Crippen LogP contribution in [-0.4, -0.2) is 54.2 Å². The van der Waals surface area contributed by atoms with Crippen LogP contribution in [0.4, 0.5) is 4.79 Å². The van der Waals surface area contributed by atoms with E-state index in [-0.39, 0.29) is 17.6 Å². The number of carboxylic acids is 1. The third-order valence-electron chi connectivity index (χ3n) is 4.29. The second-order valence-corrected chi connectivity index (χ2v) is 6.37. The zero-order chi connectivity index (χ0) is 15.3. The third kappa shape index (κ3) is 4.67. The average molecular weight is 285 g/mol. The van der Waals surface area contributed by atoms with Gasteiger partial charge in [-0.15, -0.1) is 0 Å². The Balaban J connectivity index is 2.47. The van der Waals surface area contributed by atoms with E-state index in [1.165, 1.54) is 0 Å². The van der Waals surface area contributed by atoms with Crippen LogP contribution >= 0.6 is 0 Å². The monoisotopic (exact) mass is 285 g/mol. The van der Waals surface area contributed by atoms with E-state index in [1.807, 2.05) is 32.8 Å². The van der Waals surface area contributed by atoms with Gasteiger partial charge >= 0.3 is 12.0 Å². The van der Waals surface area contributed by atoms with Gasteiger partial charge in [0, 0.05) is 18.1 Å². The largest absolute Gasteiger partial charge is 0.481 e. The quantitative estimate of drug-likeness (QED) is 0.710. The summed E-state index contributed by atoms with van der Waals surface area (Å²) in [5.74, 6) is -1.28. The van der Waals surface area contributed by atoms with Gasteiger partial charge in [-0.1, -0.05) is 12.8 Å². The molecule has 0 saturated heterocycles. The normalized spacial score (nSPS) is 23.4. The maximum Gasteiger partial charge on any atom is 0.315 e. The van der Waals surface area contributed by atoms with E-state index < -0.39 is 11.9 Å². The molecule has 0 aliphatic heterocycles. The fourth-order valence-electron chi connectivity index (χ4n) is 2.27. The molecule has 116 valence electrons. The molecule has 6 heteroatoms. The minimum absolute atomic E-state index is 0.143. The van der Waals surface area contributed by atoms with Crippen molar-refractivity contribution in [1.82, 2.24) is 15.5 Å². The zero-order valence-electron chi connectivity index (χ0n) is 12.9. The highest BCUT2D eigenvalue weighted by Gasteiger charge is 2.32. The Labute approximate surface area is 120 Å². The Morgan fingerprint density at radius 1 is 1.25 bits per heavy atom. The first kappa shape index (κ1) is 16.8. The Bertz CT molecular complexity index is 356. The molecule has 6 nitrogen and oxygen atoms in total. The molecular weight excluding hydrogens is 258 g/mol. The van der Waals surface area contributed by atoms with E-state index in [4.69, 9.17) is 0 Å². The first-order valence-electron chi connectivity index (χ1n) is 7.18. The Kier molecular flexibility index (Phi) is 5.80. The molecule has 1 rings (SSSR count). The second kappa shape index (κ2) is 6.92. The number of carbonyl (C=O) groups excluding carboxylic acids is 1. The van der Waals surface area contributed by atoms with Crippen LogP contribution in [0.5, 0.6) is 0 Å². The van der Waals surface area contributed by atoms with Gasteiger partial charge in [0.25, 0.3) is 0 Å². The van der Waals surface area contributed by atoms with Gasteiger partial charge in [0.15, 0.2) is 0 Å². The predicted molar refractivity (Wildman–Crippen MR) is 77.7 cm³/mol. The highest BCUT2D eigenvalue weighted by Crippen LogP contribution is 2.24. The second-order valence-electron chi connectivity index (χ2n) is 6.37. The number of hydrogen-bond donors (Lipinski definition) is 3. The summed E-state index contributed by atoms with van der Waals surface area (Å²) in [4.78, 5) is 25.1. The molecule has 20 heavy (non-hydrogen) atoms. The molecule has 2 amide bonds. The third-order valence-corrected chi connectivity index (χ3v) is 4.29. The summed E-state index contributed by atoms with van der Waals surface area (Å²) < 4.78 is 0. The van der Waals surface area contributed by atoms with E-state index >= 15 is 0 Å². The Morgan fingerprint density at radius 3 is 2.40 bits per heavy atom. The van der Waals surface area contributed by atoms with Gasteiger partial charge < -0.3 is 20.6 Å². The SMILES string of the molecule is CN(C)C(C)(C)CNC(=O)NC1CCCCC1C(=O)O. The lowest BCUT2D eigenvalue weighted by molar-refractivity contribution is -0.143. The molecule has 0 bridgehead atoms. The topological polar surface area (TPSA) is 81.7 Å². The van der Waals surface area contributed by atoms with Crippen molar-refractivity contribution in [2.45, 2.75) is 51.1 Å². The number of likely N-dealkylation sites (N-methyl/N-ethyl adjacent to an activating group) is 1. The van der Waals surface area contributed by atoms with Crippen molar-refractivity contribution in [2.24, 2.45) is 5.92 Å². The molecular formula is C14H27N3O3. The summed E-state index contributed by atoms with van der Waals surface area (Å²) >= 11 is 0. The molecule has 2 unspecified atom stereocenters. The Morgan fingerprint density at radius 2 is 1.85 bits per heavy atom. The molecule has 3 N–H and O–H groups in total. The van der Waals surface area contributed by atoms with Crippen molar-refractivity contribution < 1.29 is 14.7 Å². The lowest BCUT2D eigenvalue weighted by Gasteiger charge is -2.33. The molecule has 1 saturated carbocycles. The molecule has 0 heterocycles. The van der Waals surface area contributed by atoms with Crippen molar-refractivity contribution in [3.05, 3.63) is 0 Å².